The van der Waals surface area contributed by atoms with Crippen LogP contribution in [0.4, 0.5) is 17.6 Å². The number of allylic oxidation sites excluding steroid dienone is 1. The summed E-state index contributed by atoms with van der Waals surface area (Å²) in [7, 11) is 0. The van der Waals surface area contributed by atoms with Gasteiger partial charge in [-0.15, -0.1) is 0 Å². The minimum Gasteiger partial charge on any atom is -0.490 e. The molecule has 3 aromatic rings. The van der Waals surface area contributed by atoms with Gasteiger partial charge in [0.25, 0.3) is 6.08 Å². The molecule has 1 nitrogen and oxygen atoms in total. The van der Waals surface area contributed by atoms with Crippen molar-refractivity contribution in [3.05, 3.63) is 84.0 Å². The van der Waals surface area contributed by atoms with Crippen LogP contribution in [0.3, 0.4) is 0 Å². The minimum absolute atomic E-state index is 0.0824. The molecule has 0 aromatic heterocycles. The third-order valence-corrected chi connectivity index (χ3v) is 4.09. The van der Waals surface area contributed by atoms with Crippen molar-refractivity contribution in [1.82, 2.24) is 0 Å². The molecule has 0 unspecified atom stereocenters. The fraction of sp³-hybridized carbons (Fsp3) is 0.0909. The number of ether oxygens (including phenoxy) is 1. The molecule has 0 radical (unpaired) electrons. The molecule has 0 spiro atoms. The summed E-state index contributed by atoms with van der Waals surface area (Å²) in [5, 5.41) is 0.381. The average molecular weight is 372 g/mol. The number of hydrogen-bond donors (Lipinski definition) is 0. The second kappa shape index (κ2) is 8.08. The number of benzene rings is 3. The van der Waals surface area contributed by atoms with Gasteiger partial charge in [0, 0.05) is 11.5 Å². The van der Waals surface area contributed by atoms with Crippen LogP contribution in [0.1, 0.15) is 12.5 Å². The standard InChI is InChI=1S/C22H16F4O/c1-2-3-10-27-17-7-4-14(5-8-17)15-6-9-18-16(11-15)12-20(23)19(22(18)26)13-21(24)25/h2-9,11-13H,10H2,1H3. The quantitative estimate of drug-likeness (QED) is 0.347. The lowest BCUT2D eigenvalue weighted by Crippen LogP contribution is -1.93. The summed E-state index contributed by atoms with van der Waals surface area (Å²) in [6.07, 6.45) is 1.83. The minimum atomic E-state index is -2.15. The van der Waals surface area contributed by atoms with E-state index in [0.29, 0.717) is 17.7 Å². The summed E-state index contributed by atoms with van der Waals surface area (Å²) in [6, 6.07) is 13.1. The van der Waals surface area contributed by atoms with Gasteiger partial charge in [0.1, 0.15) is 24.0 Å². The van der Waals surface area contributed by atoms with E-state index in [9.17, 15) is 17.6 Å². The Balaban J connectivity index is 1.96. The van der Waals surface area contributed by atoms with Crippen LogP contribution < -0.4 is 4.74 Å². The van der Waals surface area contributed by atoms with Crippen LogP contribution in [0.5, 0.6) is 5.75 Å². The van der Waals surface area contributed by atoms with E-state index in [1.54, 1.807) is 12.1 Å². The topological polar surface area (TPSA) is 9.23 Å². The van der Waals surface area contributed by atoms with Gasteiger partial charge in [-0.2, -0.15) is 8.78 Å². The average Bonchev–Trinajstić information content (AvgIpc) is 2.65. The van der Waals surface area contributed by atoms with Crippen molar-refractivity contribution in [2.24, 2.45) is 0 Å². The summed E-state index contributed by atoms with van der Waals surface area (Å²) in [5.74, 6) is -1.32. The fourth-order valence-electron chi connectivity index (χ4n) is 2.75. The number of halogens is 4. The van der Waals surface area contributed by atoms with Gasteiger partial charge in [-0.05, 0) is 47.7 Å². The molecule has 0 heterocycles. The van der Waals surface area contributed by atoms with Crippen molar-refractivity contribution in [2.45, 2.75) is 6.92 Å². The Morgan fingerprint density at radius 2 is 1.67 bits per heavy atom. The van der Waals surface area contributed by atoms with Crippen LogP contribution in [0, 0.1) is 11.6 Å². The van der Waals surface area contributed by atoms with E-state index in [-0.39, 0.29) is 11.5 Å². The third kappa shape index (κ3) is 4.19. The molecule has 0 aliphatic heterocycles. The second-order valence-electron chi connectivity index (χ2n) is 5.86. The number of rotatable bonds is 5. The van der Waals surface area contributed by atoms with Gasteiger partial charge >= 0.3 is 0 Å². The molecule has 5 heteroatoms. The molecule has 27 heavy (non-hydrogen) atoms. The molecule has 0 aliphatic rings. The summed E-state index contributed by atoms with van der Waals surface area (Å²) in [4.78, 5) is 0. The van der Waals surface area contributed by atoms with Crippen molar-refractivity contribution in [3.63, 3.8) is 0 Å². The van der Waals surface area contributed by atoms with Crippen LogP contribution >= 0.6 is 0 Å². The Morgan fingerprint density at radius 3 is 2.33 bits per heavy atom. The van der Waals surface area contributed by atoms with Crippen LogP contribution in [0.15, 0.2) is 66.8 Å². The van der Waals surface area contributed by atoms with Crippen molar-refractivity contribution < 1.29 is 22.3 Å². The molecule has 0 N–H and O–H groups in total. The van der Waals surface area contributed by atoms with Crippen molar-refractivity contribution >= 4 is 16.8 Å². The molecule has 138 valence electrons. The van der Waals surface area contributed by atoms with E-state index < -0.39 is 23.3 Å². The van der Waals surface area contributed by atoms with Crippen molar-refractivity contribution in [3.8, 4) is 16.9 Å². The molecular formula is C22H16F4O. The Labute approximate surface area is 154 Å². The van der Waals surface area contributed by atoms with E-state index in [2.05, 4.69) is 0 Å². The summed E-state index contributed by atoms with van der Waals surface area (Å²) < 4.78 is 58.8. The highest BCUT2D eigenvalue weighted by Gasteiger charge is 2.14. The molecule has 3 rings (SSSR count). The van der Waals surface area contributed by atoms with Gasteiger partial charge in [0.15, 0.2) is 0 Å². The first-order valence-corrected chi connectivity index (χ1v) is 8.28. The first-order chi connectivity index (χ1) is 13.0. The second-order valence-corrected chi connectivity index (χ2v) is 5.86. The summed E-state index contributed by atoms with van der Waals surface area (Å²) in [5.41, 5.74) is 0.856. The lowest BCUT2D eigenvalue weighted by molar-refractivity contribution is 0.363. The Hall–Kier alpha value is -3.08. The number of fused-ring (bicyclic) bond motifs is 1. The van der Waals surface area contributed by atoms with Crippen LogP contribution in [0.25, 0.3) is 28.0 Å². The highest BCUT2D eigenvalue weighted by molar-refractivity contribution is 5.89. The smallest absolute Gasteiger partial charge is 0.271 e. The summed E-state index contributed by atoms with van der Waals surface area (Å²) >= 11 is 0. The van der Waals surface area contributed by atoms with E-state index in [1.807, 2.05) is 43.3 Å². The normalized spacial score (nSPS) is 11.1. The van der Waals surface area contributed by atoms with Crippen LogP contribution in [-0.2, 0) is 0 Å². The van der Waals surface area contributed by atoms with E-state index in [1.165, 1.54) is 6.07 Å². The van der Waals surface area contributed by atoms with E-state index in [4.69, 9.17) is 4.74 Å². The molecule has 0 amide bonds. The van der Waals surface area contributed by atoms with Gasteiger partial charge < -0.3 is 4.74 Å². The molecule has 0 atom stereocenters. The zero-order valence-electron chi connectivity index (χ0n) is 14.5. The highest BCUT2D eigenvalue weighted by atomic mass is 19.3. The predicted molar refractivity (Wildman–Crippen MR) is 99.8 cm³/mol. The van der Waals surface area contributed by atoms with Gasteiger partial charge in [-0.1, -0.05) is 36.4 Å². The molecule has 0 saturated carbocycles. The maximum atomic E-state index is 14.4. The zero-order chi connectivity index (χ0) is 19.4. The maximum Gasteiger partial charge on any atom is 0.271 e. The highest BCUT2D eigenvalue weighted by Crippen LogP contribution is 2.31. The molecule has 0 saturated heterocycles. The van der Waals surface area contributed by atoms with Crippen LogP contribution in [0.2, 0.25) is 0 Å². The fourth-order valence-corrected chi connectivity index (χ4v) is 2.75. The Bertz CT molecular complexity index is 1020. The molecule has 0 aliphatic carbocycles. The van der Waals surface area contributed by atoms with Gasteiger partial charge in [0.2, 0.25) is 0 Å². The van der Waals surface area contributed by atoms with Crippen molar-refractivity contribution in [1.29, 1.82) is 0 Å². The molecular weight excluding hydrogens is 356 g/mol. The number of hydrogen-bond acceptors (Lipinski definition) is 1. The lowest BCUT2D eigenvalue weighted by Gasteiger charge is -2.09. The zero-order valence-corrected chi connectivity index (χ0v) is 14.5. The monoisotopic (exact) mass is 372 g/mol. The summed E-state index contributed by atoms with van der Waals surface area (Å²) in [6.45, 7) is 2.38. The van der Waals surface area contributed by atoms with Crippen molar-refractivity contribution in [2.75, 3.05) is 6.61 Å². The van der Waals surface area contributed by atoms with Crippen LogP contribution in [-0.4, -0.2) is 6.61 Å². The van der Waals surface area contributed by atoms with E-state index >= 15 is 0 Å². The SMILES string of the molecule is CC=CCOc1ccc(-c2ccc3c(F)c(C=C(F)F)c(F)cc3c2)cc1. The first kappa shape index (κ1) is 18.7. The Kier molecular flexibility index (Phi) is 5.60. The molecule has 0 bridgehead atoms. The predicted octanol–water partition coefficient (Wildman–Crippen LogP) is 6.98. The van der Waals surface area contributed by atoms with Gasteiger partial charge in [-0.25, -0.2) is 8.78 Å². The lowest BCUT2D eigenvalue weighted by atomic mass is 9.99. The van der Waals surface area contributed by atoms with Gasteiger partial charge in [-0.3, -0.25) is 0 Å². The largest absolute Gasteiger partial charge is 0.490 e. The molecule has 3 aromatic carbocycles. The maximum absolute atomic E-state index is 14.4. The third-order valence-electron chi connectivity index (χ3n) is 4.09. The first-order valence-electron chi connectivity index (χ1n) is 8.28. The molecule has 0 fully saturated rings. The Morgan fingerprint density at radius 1 is 0.963 bits per heavy atom. The van der Waals surface area contributed by atoms with Gasteiger partial charge in [0.05, 0.1) is 5.56 Å². The van der Waals surface area contributed by atoms with E-state index in [0.717, 1.165) is 17.2 Å².